The lowest BCUT2D eigenvalue weighted by Gasteiger charge is -2.35. The third kappa shape index (κ3) is 4.27. The monoisotopic (exact) mass is 426 g/mol. The van der Waals surface area contributed by atoms with E-state index in [4.69, 9.17) is 0 Å². The molecule has 0 bridgehead atoms. The second kappa shape index (κ2) is 8.84. The number of hydrogen-bond acceptors (Lipinski definition) is 7. The van der Waals surface area contributed by atoms with Crippen molar-refractivity contribution >= 4 is 23.2 Å². The first-order chi connectivity index (χ1) is 15.8. The van der Waals surface area contributed by atoms with Gasteiger partial charge in [-0.05, 0) is 48.5 Å². The molecule has 1 aliphatic rings. The Morgan fingerprint density at radius 1 is 0.906 bits per heavy atom. The van der Waals surface area contributed by atoms with E-state index in [1.165, 1.54) is 0 Å². The number of nitrogens with one attached hydrogen (secondary N) is 1. The number of rotatable bonds is 5. The molecular weight excluding hydrogens is 404 g/mol. The number of amides is 1. The second-order valence-corrected chi connectivity index (χ2v) is 7.42. The van der Waals surface area contributed by atoms with Crippen molar-refractivity contribution < 1.29 is 4.79 Å². The van der Waals surface area contributed by atoms with Crippen LogP contribution in [0.25, 0.3) is 5.69 Å². The molecule has 0 aliphatic carbocycles. The van der Waals surface area contributed by atoms with Gasteiger partial charge >= 0.3 is 0 Å². The molecule has 0 saturated carbocycles. The van der Waals surface area contributed by atoms with E-state index in [1.54, 1.807) is 23.3 Å². The Balaban J connectivity index is 1.20. The summed E-state index contributed by atoms with van der Waals surface area (Å²) in [7, 11) is 0. The van der Waals surface area contributed by atoms with Crippen molar-refractivity contribution in [1.29, 1.82) is 0 Å². The lowest BCUT2D eigenvalue weighted by Crippen LogP contribution is -2.49. The van der Waals surface area contributed by atoms with Gasteiger partial charge in [-0.2, -0.15) is 5.10 Å². The van der Waals surface area contributed by atoms with Crippen molar-refractivity contribution in [3.8, 4) is 5.69 Å². The summed E-state index contributed by atoms with van der Waals surface area (Å²) in [4.78, 5) is 21.1. The van der Waals surface area contributed by atoms with Crippen molar-refractivity contribution in [1.82, 2.24) is 29.9 Å². The molecule has 4 aromatic rings. The molecule has 3 aromatic heterocycles. The standard InChI is InChI=1S/C23H22N8O/c32-23(18-4-1-6-20(16-18)31-11-3-10-25-31)30-14-12-29(13-15-30)22-8-7-21(27-28-22)26-19-5-2-9-24-17-19/h1-11,16-17H,12-15H2,(H,26,27). The molecule has 0 spiro atoms. The maximum atomic E-state index is 13.0. The largest absolute Gasteiger partial charge is 0.352 e. The number of pyridine rings is 1. The van der Waals surface area contributed by atoms with Crippen molar-refractivity contribution in [3.63, 3.8) is 0 Å². The fourth-order valence-electron chi connectivity index (χ4n) is 3.67. The molecule has 0 atom stereocenters. The van der Waals surface area contributed by atoms with Crippen molar-refractivity contribution in [3.05, 3.63) is 84.9 Å². The Hall–Kier alpha value is -4.27. The Morgan fingerprint density at radius 3 is 2.53 bits per heavy atom. The summed E-state index contributed by atoms with van der Waals surface area (Å²) in [5.74, 6) is 1.49. The smallest absolute Gasteiger partial charge is 0.254 e. The second-order valence-electron chi connectivity index (χ2n) is 7.42. The molecule has 9 heteroatoms. The molecule has 1 N–H and O–H groups in total. The van der Waals surface area contributed by atoms with E-state index in [0.717, 1.165) is 17.2 Å². The summed E-state index contributed by atoms with van der Waals surface area (Å²) in [6.07, 6.45) is 7.04. The minimum atomic E-state index is 0.0285. The van der Waals surface area contributed by atoms with Crippen LogP contribution in [-0.4, -0.2) is 61.9 Å². The first kappa shape index (κ1) is 19.7. The fourth-order valence-corrected chi connectivity index (χ4v) is 3.67. The van der Waals surface area contributed by atoms with Crippen LogP contribution in [-0.2, 0) is 0 Å². The summed E-state index contributed by atoms with van der Waals surface area (Å²) in [6, 6.07) is 17.0. The Labute approximate surface area is 185 Å². The molecule has 0 radical (unpaired) electrons. The maximum absolute atomic E-state index is 13.0. The van der Waals surface area contributed by atoms with Crippen LogP contribution in [0.4, 0.5) is 17.3 Å². The topological polar surface area (TPSA) is 92.1 Å². The zero-order chi connectivity index (χ0) is 21.8. The molecule has 1 saturated heterocycles. The third-order valence-electron chi connectivity index (χ3n) is 5.34. The van der Waals surface area contributed by atoms with Crippen LogP contribution < -0.4 is 10.2 Å². The van der Waals surface area contributed by atoms with E-state index in [9.17, 15) is 4.79 Å². The van der Waals surface area contributed by atoms with Gasteiger partial charge in [-0.15, -0.1) is 10.2 Å². The highest BCUT2D eigenvalue weighted by atomic mass is 16.2. The average molecular weight is 426 g/mol. The van der Waals surface area contributed by atoms with Gasteiger partial charge in [-0.25, -0.2) is 4.68 Å². The highest BCUT2D eigenvalue weighted by Gasteiger charge is 2.23. The normalized spacial score (nSPS) is 13.8. The van der Waals surface area contributed by atoms with E-state index in [1.807, 2.05) is 65.7 Å². The van der Waals surface area contributed by atoms with Crippen LogP contribution in [0.1, 0.15) is 10.4 Å². The van der Waals surface area contributed by atoms with Crippen molar-refractivity contribution in [2.75, 3.05) is 36.4 Å². The zero-order valence-corrected chi connectivity index (χ0v) is 17.4. The van der Waals surface area contributed by atoms with Crippen LogP contribution in [0.3, 0.4) is 0 Å². The van der Waals surface area contributed by atoms with Gasteiger partial charge in [-0.3, -0.25) is 9.78 Å². The van der Waals surface area contributed by atoms with Gasteiger partial charge in [-0.1, -0.05) is 6.07 Å². The van der Waals surface area contributed by atoms with Crippen molar-refractivity contribution in [2.24, 2.45) is 0 Å². The molecule has 1 fully saturated rings. The predicted molar refractivity (Wildman–Crippen MR) is 121 cm³/mol. The molecule has 5 rings (SSSR count). The molecule has 4 heterocycles. The minimum Gasteiger partial charge on any atom is -0.352 e. The zero-order valence-electron chi connectivity index (χ0n) is 17.4. The molecule has 1 aliphatic heterocycles. The summed E-state index contributed by atoms with van der Waals surface area (Å²) < 4.78 is 1.75. The summed E-state index contributed by atoms with van der Waals surface area (Å²) >= 11 is 0. The first-order valence-electron chi connectivity index (χ1n) is 10.4. The van der Waals surface area contributed by atoms with Gasteiger partial charge in [0.2, 0.25) is 0 Å². The number of carbonyl (C=O) groups excluding carboxylic acids is 1. The van der Waals surface area contributed by atoms with E-state index in [-0.39, 0.29) is 5.91 Å². The molecule has 160 valence electrons. The number of anilines is 3. The summed E-state index contributed by atoms with van der Waals surface area (Å²) in [5.41, 5.74) is 2.39. The highest BCUT2D eigenvalue weighted by molar-refractivity contribution is 5.95. The Morgan fingerprint density at radius 2 is 1.81 bits per heavy atom. The van der Waals surface area contributed by atoms with E-state index in [2.05, 4.69) is 30.5 Å². The predicted octanol–water partition coefficient (Wildman–Crippen LogP) is 2.76. The van der Waals surface area contributed by atoms with Gasteiger partial charge in [0.1, 0.15) is 0 Å². The fraction of sp³-hybridized carbons (Fsp3) is 0.174. The van der Waals surface area contributed by atoms with Crippen LogP contribution >= 0.6 is 0 Å². The summed E-state index contributed by atoms with van der Waals surface area (Å²) in [5, 5.41) is 16.0. The van der Waals surface area contributed by atoms with Crippen LogP contribution in [0.2, 0.25) is 0 Å². The first-order valence-corrected chi connectivity index (χ1v) is 10.4. The van der Waals surface area contributed by atoms with E-state index < -0.39 is 0 Å². The molecule has 9 nitrogen and oxygen atoms in total. The van der Waals surface area contributed by atoms with Crippen molar-refractivity contribution in [2.45, 2.75) is 0 Å². The molecule has 1 amide bonds. The van der Waals surface area contributed by atoms with Gasteiger partial charge < -0.3 is 15.1 Å². The van der Waals surface area contributed by atoms with Gasteiger partial charge in [0.25, 0.3) is 5.91 Å². The highest BCUT2D eigenvalue weighted by Crippen LogP contribution is 2.18. The number of hydrogen-bond donors (Lipinski definition) is 1. The number of nitrogens with zero attached hydrogens (tertiary/aromatic N) is 7. The SMILES string of the molecule is O=C(c1cccc(-n2cccn2)c1)N1CCN(c2ccc(Nc3cccnc3)nn2)CC1. The Kier molecular flexibility index (Phi) is 5.44. The molecule has 1 aromatic carbocycles. The van der Waals surface area contributed by atoms with Gasteiger partial charge in [0, 0.05) is 50.3 Å². The third-order valence-corrected chi connectivity index (χ3v) is 5.34. The van der Waals surface area contributed by atoms with Gasteiger partial charge in [0.05, 0.1) is 17.6 Å². The average Bonchev–Trinajstić information content (AvgIpc) is 3.40. The van der Waals surface area contributed by atoms with E-state index >= 15 is 0 Å². The minimum absolute atomic E-state index is 0.0285. The molecule has 32 heavy (non-hydrogen) atoms. The molecule has 0 unspecified atom stereocenters. The van der Waals surface area contributed by atoms with Crippen LogP contribution in [0, 0.1) is 0 Å². The lowest BCUT2D eigenvalue weighted by atomic mass is 10.1. The Bertz CT molecular complexity index is 1170. The van der Waals surface area contributed by atoms with Crippen LogP contribution in [0.15, 0.2) is 79.4 Å². The van der Waals surface area contributed by atoms with E-state index in [0.29, 0.717) is 37.6 Å². The summed E-state index contributed by atoms with van der Waals surface area (Å²) in [6.45, 7) is 2.66. The maximum Gasteiger partial charge on any atom is 0.254 e. The molecular formula is C23H22N8O. The number of piperazine rings is 1. The van der Waals surface area contributed by atoms with Gasteiger partial charge in [0.15, 0.2) is 11.6 Å². The number of carbonyl (C=O) groups is 1. The quantitative estimate of drug-likeness (QED) is 0.525. The van der Waals surface area contributed by atoms with Crippen LogP contribution in [0.5, 0.6) is 0 Å². The lowest BCUT2D eigenvalue weighted by molar-refractivity contribution is 0.0746. The number of aromatic nitrogens is 5. The number of benzene rings is 1.